The molecule has 0 saturated heterocycles. The van der Waals surface area contributed by atoms with E-state index in [-0.39, 0.29) is 12.4 Å². The van der Waals surface area contributed by atoms with Crippen LogP contribution in [0, 0.1) is 0 Å². The summed E-state index contributed by atoms with van der Waals surface area (Å²) < 4.78 is 0.959. The highest BCUT2D eigenvalue weighted by Gasteiger charge is 2.04. The highest BCUT2D eigenvalue weighted by molar-refractivity contribution is 5.45. The third-order valence-corrected chi connectivity index (χ3v) is 1.23. The smallest absolute Gasteiger partial charge is 0.207 e. The lowest BCUT2D eigenvalue weighted by Gasteiger charge is -2.23. The summed E-state index contributed by atoms with van der Waals surface area (Å²) in [5.41, 5.74) is 0. The van der Waals surface area contributed by atoms with Gasteiger partial charge in [0.1, 0.15) is 0 Å². The zero-order valence-corrected chi connectivity index (χ0v) is 8.19. The lowest BCUT2D eigenvalue weighted by atomic mass is 10.4. The summed E-state index contributed by atoms with van der Waals surface area (Å²) >= 11 is 0. The lowest BCUT2D eigenvalue weighted by molar-refractivity contribution is -0.870. The minimum Gasteiger partial charge on any atom is -1.00 e. The van der Waals surface area contributed by atoms with Gasteiger partial charge in [-0.25, -0.2) is 0 Å². The van der Waals surface area contributed by atoms with Crippen molar-refractivity contribution in [2.75, 3.05) is 34.2 Å². The van der Waals surface area contributed by atoms with Crippen molar-refractivity contribution in [3.05, 3.63) is 0 Å². The molecule has 0 radical (unpaired) electrons. The lowest BCUT2D eigenvalue weighted by Crippen LogP contribution is -3.00. The first kappa shape index (κ1) is 13.3. The van der Waals surface area contributed by atoms with E-state index in [9.17, 15) is 4.79 Å². The molecule has 0 atom stereocenters. The van der Waals surface area contributed by atoms with Crippen LogP contribution in [-0.2, 0) is 4.79 Å². The number of carbonyl (C=O) groups excluding carboxylic acids is 1. The minimum atomic E-state index is 0. The van der Waals surface area contributed by atoms with Crippen LogP contribution >= 0.6 is 0 Å². The summed E-state index contributed by atoms with van der Waals surface area (Å²) in [6, 6.07) is 0. The molecular weight excluding hydrogens is 164 g/mol. The van der Waals surface area contributed by atoms with Crippen LogP contribution in [0.1, 0.15) is 6.42 Å². The van der Waals surface area contributed by atoms with E-state index < -0.39 is 0 Å². The summed E-state index contributed by atoms with van der Waals surface area (Å²) in [6.07, 6.45) is 1.79. The molecule has 11 heavy (non-hydrogen) atoms. The number of nitrogens with one attached hydrogen (secondary N) is 1. The second kappa shape index (κ2) is 6.43. The quantitative estimate of drug-likeness (QED) is 0.270. The van der Waals surface area contributed by atoms with E-state index in [1.165, 1.54) is 0 Å². The Balaban J connectivity index is 0. The fourth-order valence-corrected chi connectivity index (χ4v) is 0.714. The standard InChI is InChI=1S/C7H16N2O.ClH/c1-9(2,3)6-4-5-8-7-10;/h7H,4-6H2,1-3H3;1H. The van der Waals surface area contributed by atoms with Crippen molar-refractivity contribution < 1.29 is 21.7 Å². The predicted octanol–water partition coefficient (Wildman–Crippen LogP) is -3.17. The molecule has 0 rings (SSSR count). The molecule has 0 aromatic heterocycles. The molecule has 68 valence electrons. The van der Waals surface area contributed by atoms with Crippen LogP contribution in [0.3, 0.4) is 0 Å². The van der Waals surface area contributed by atoms with Crippen molar-refractivity contribution in [3.8, 4) is 0 Å². The molecule has 1 N–H and O–H groups in total. The predicted molar refractivity (Wildman–Crippen MR) is 41.6 cm³/mol. The summed E-state index contributed by atoms with van der Waals surface area (Å²) in [6.45, 7) is 1.89. The van der Waals surface area contributed by atoms with Crippen molar-refractivity contribution in [1.82, 2.24) is 5.32 Å². The topological polar surface area (TPSA) is 29.1 Å². The maximum absolute atomic E-state index is 9.81. The molecule has 0 aliphatic carbocycles. The van der Waals surface area contributed by atoms with E-state index in [1.807, 2.05) is 0 Å². The minimum absolute atomic E-state index is 0. The Morgan fingerprint density at radius 3 is 2.27 bits per heavy atom. The second-order valence-corrected chi connectivity index (χ2v) is 3.44. The molecule has 0 aromatic rings. The zero-order valence-electron chi connectivity index (χ0n) is 7.43. The van der Waals surface area contributed by atoms with Crippen LogP contribution in [0.4, 0.5) is 0 Å². The number of hydrogen-bond acceptors (Lipinski definition) is 1. The fourth-order valence-electron chi connectivity index (χ4n) is 0.714. The third kappa shape index (κ3) is 12.8. The van der Waals surface area contributed by atoms with Gasteiger partial charge in [-0.2, -0.15) is 0 Å². The van der Waals surface area contributed by atoms with Crippen LogP contribution in [-0.4, -0.2) is 45.1 Å². The Kier molecular flexibility index (Phi) is 7.79. The van der Waals surface area contributed by atoms with Gasteiger partial charge in [-0.05, 0) is 0 Å². The van der Waals surface area contributed by atoms with Crippen molar-refractivity contribution >= 4 is 6.41 Å². The molecule has 0 bridgehead atoms. The van der Waals surface area contributed by atoms with Crippen molar-refractivity contribution in [3.63, 3.8) is 0 Å². The molecule has 0 aliphatic rings. The Labute approximate surface area is 74.8 Å². The van der Waals surface area contributed by atoms with Gasteiger partial charge in [0.25, 0.3) is 0 Å². The fraction of sp³-hybridized carbons (Fsp3) is 0.857. The Hall–Kier alpha value is -0.280. The van der Waals surface area contributed by atoms with E-state index in [4.69, 9.17) is 0 Å². The van der Waals surface area contributed by atoms with Crippen LogP contribution < -0.4 is 17.7 Å². The number of quaternary nitrogens is 1. The first-order valence-corrected chi connectivity index (χ1v) is 3.54. The average molecular weight is 181 g/mol. The van der Waals surface area contributed by atoms with Gasteiger partial charge in [0, 0.05) is 13.0 Å². The number of nitrogens with zero attached hydrogens (tertiary/aromatic N) is 1. The van der Waals surface area contributed by atoms with Gasteiger partial charge in [0.2, 0.25) is 6.41 Å². The van der Waals surface area contributed by atoms with Crippen molar-refractivity contribution in [2.45, 2.75) is 6.42 Å². The molecule has 0 fully saturated rings. The van der Waals surface area contributed by atoms with Gasteiger partial charge in [0.15, 0.2) is 0 Å². The largest absolute Gasteiger partial charge is 1.00 e. The number of rotatable bonds is 5. The molecule has 0 aromatic carbocycles. The Morgan fingerprint density at radius 2 is 1.91 bits per heavy atom. The third-order valence-electron chi connectivity index (χ3n) is 1.23. The maximum Gasteiger partial charge on any atom is 0.207 e. The Morgan fingerprint density at radius 1 is 1.36 bits per heavy atom. The number of halogens is 1. The molecule has 0 unspecified atom stereocenters. The first-order chi connectivity index (χ1) is 4.56. The first-order valence-electron chi connectivity index (χ1n) is 3.54. The van der Waals surface area contributed by atoms with Crippen LogP contribution in [0.15, 0.2) is 0 Å². The SMILES string of the molecule is C[N+](C)(C)CCCNC=O.[Cl-]. The number of hydrogen-bond donors (Lipinski definition) is 1. The molecule has 0 saturated carbocycles. The van der Waals surface area contributed by atoms with Crippen molar-refractivity contribution in [1.29, 1.82) is 0 Å². The molecule has 1 amide bonds. The molecule has 0 spiro atoms. The van der Waals surface area contributed by atoms with E-state index >= 15 is 0 Å². The molecule has 0 aliphatic heterocycles. The maximum atomic E-state index is 9.81. The van der Waals surface area contributed by atoms with Gasteiger partial charge in [-0.15, -0.1) is 0 Å². The molecular formula is C7H17ClN2O. The van der Waals surface area contributed by atoms with Gasteiger partial charge in [-0.1, -0.05) is 0 Å². The second-order valence-electron chi connectivity index (χ2n) is 3.44. The normalized spacial score (nSPS) is 10.1. The monoisotopic (exact) mass is 180 g/mol. The molecule has 0 heterocycles. The van der Waals surface area contributed by atoms with Crippen LogP contribution in [0.2, 0.25) is 0 Å². The molecule has 3 nitrogen and oxygen atoms in total. The van der Waals surface area contributed by atoms with E-state index in [0.29, 0.717) is 0 Å². The van der Waals surface area contributed by atoms with Gasteiger partial charge < -0.3 is 22.2 Å². The summed E-state index contributed by atoms with van der Waals surface area (Å²) in [5, 5.41) is 2.63. The van der Waals surface area contributed by atoms with Gasteiger partial charge in [-0.3, -0.25) is 4.79 Å². The number of amides is 1. The highest BCUT2D eigenvalue weighted by Crippen LogP contribution is 1.90. The zero-order chi connectivity index (χ0) is 8.04. The van der Waals surface area contributed by atoms with Crippen LogP contribution in [0.25, 0.3) is 0 Å². The summed E-state index contributed by atoms with van der Waals surface area (Å²) in [4.78, 5) is 9.81. The van der Waals surface area contributed by atoms with Gasteiger partial charge >= 0.3 is 0 Å². The average Bonchev–Trinajstić information content (AvgIpc) is 1.78. The number of carbonyl (C=O) groups is 1. The van der Waals surface area contributed by atoms with Gasteiger partial charge in [0.05, 0.1) is 27.7 Å². The molecule has 4 heteroatoms. The van der Waals surface area contributed by atoms with E-state index in [0.717, 1.165) is 30.4 Å². The van der Waals surface area contributed by atoms with E-state index in [1.54, 1.807) is 0 Å². The van der Waals surface area contributed by atoms with Crippen molar-refractivity contribution in [2.24, 2.45) is 0 Å². The Bertz CT molecular complexity index is 101. The van der Waals surface area contributed by atoms with Crippen LogP contribution in [0.5, 0.6) is 0 Å². The van der Waals surface area contributed by atoms with E-state index in [2.05, 4.69) is 26.5 Å². The summed E-state index contributed by atoms with van der Waals surface area (Å²) in [7, 11) is 6.42. The summed E-state index contributed by atoms with van der Waals surface area (Å²) in [5.74, 6) is 0. The highest BCUT2D eigenvalue weighted by atomic mass is 35.5.